The zero-order valence-electron chi connectivity index (χ0n) is 14.2. The Kier molecular flexibility index (Phi) is 2.76. The van der Waals surface area contributed by atoms with Gasteiger partial charge in [-0.05, 0) is 30.9 Å². The van der Waals surface area contributed by atoms with E-state index in [0.717, 1.165) is 24.1 Å². The molecule has 3 atom stereocenters. The van der Waals surface area contributed by atoms with E-state index in [9.17, 15) is 9.59 Å². The zero-order valence-corrected chi connectivity index (χ0v) is 15.8. The first-order valence-corrected chi connectivity index (χ1v) is 9.46. The first kappa shape index (κ1) is 15.4. The van der Waals surface area contributed by atoms with E-state index in [0.29, 0.717) is 13.0 Å². The maximum absolute atomic E-state index is 13.3. The van der Waals surface area contributed by atoms with Gasteiger partial charge in [0.25, 0.3) is 0 Å². The number of piperidine rings is 1. The quantitative estimate of drug-likeness (QED) is 0.363. The molecule has 130 valence electrons. The zero-order chi connectivity index (χ0) is 17.6. The van der Waals surface area contributed by atoms with Gasteiger partial charge in [-0.15, -0.1) is 0 Å². The number of ether oxygens (including phenoxy) is 1. The Bertz CT molecular complexity index is 953. The van der Waals surface area contributed by atoms with Gasteiger partial charge in [0.2, 0.25) is 5.91 Å². The Morgan fingerprint density at radius 2 is 2.16 bits per heavy atom. The number of aromatic amines is 1. The van der Waals surface area contributed by atoms with Crippen LogP contribution in [0, 0.1) is 10.8 Å². The van der Waals surface area contributed by atoms with Crippen LogP contribution in [0.25, 0.3) is 10.9 Å². The first-order chi connectivity index (χ1) is 12.0. The molecule has 1 amide bonds. The molecule has 2 fully saturated rings. The number of benzene rings is 1. The molecule has 0 radical (unpaired) electrons. The molecule has 2 aromatic rings. The maximum Gasteiger partial charge on any atom is 0.322 e. The van der Waals surface area contributed by atoms with E-state index in [1.807, 2.05) is 17.0 Å². The summed E-state index contributed by atoms with van der Waals surface area (Å²) in [6, 6.07) is 8.22. The number of H-pyrrole nitrogens is 1. The Labute approximate surface area is 153 Å². The summed E-state index contributed by atoms with van der Waals surface area (Å²) in [7, 11) is 1.37. The molecule has 0 spiro atoms. The fourth-order valence-corrected chi connectivity index (χ4v) is 6.94. The predicted octanol–water partition coefficient (Wildman–Crippen LogP) is 3.07. The standard InChI is InChI=1S/C19H19BrN2O3/c1-3-17-10-18(17,16(24)25-2)15(23)22-9-8-12-11-6-4-5-7-13(11)21-14(12)19(17,22)20/h4-7,21H,3,8-10H2,1-2H3/t17-,18-,19-/m1/s1. The van der Waals surface area contributed by atoms with Gasteiger partial charge in [0, 0.05) is 22.9 Å². The lowest BCUT2D eigenvalue weighted by Crippen LogP contribution is -2.50. The van der Waals surface area contributed by atoms with Crippen molar-refractivity contribution in [3.05, 3.63) is 35.5 Å². The number of aromatic nitrogens is 1. The molecule has 1 aliphatic carbocycles. The monoisotopic (exact) mass is 402 g/mol. The summed E-state index contributed by atoms with van der Waals surface area (Å²) in [5.41, 5.74) is 1.83. The molecule has 0 bridgehead atoms. The average molecular weight is 403 g/mol. The van der Waals surface area contributed by atoms with Crippen LogP contribution in [-0.4, -0.2) is 35.4 Å². The number of amides is 1. The summed E-state index contributed by atoms with van der Waals surface area (Å²) < 4.78 is 4.38. The van der Waals surface area contributed by atoms with E-state index in [1.54, 1.807) is 0 Å². The number of methoxy groups -OCH3 is 1. The van der Waals surface area contributed by atoms with Gasteiger partial charge >= 0.3 is 5.97 Å². The second-order valence-corrected chi connectivity index (χ2v) is 8.51. The lowest BCUT2D eigenvalue weighted by atomic mass is 9.83. The van der Waals surface area contributed by atoms with Gasteiger partial charge in [-0.3, -0.25) is 9.59 Å². The molecular formula is C19H19BrN2O3. The smallest absolute Gasteiger partial charge is 0.322 e. The third-order valence-electron chi connectivity index (χ3n) is 6.74. The third-order valence-corrected chi connectivity index (χ3v) is 8.33. The van der Waals surface area contributed by atoms with Crippen molar-refractivity contribution in [1.82, 2.24) is 9.88 Å². The number of carbonyl (C=O) groups is 2. The minimum Gasteiger partial charge on any atom is -0.468 e. The highest BCUT2D eigenvalue weighted by Crippen LogP contribution is 2.82. The SMILES string of the molecule is CC[C@@]12C[C@]1(C(=O)OC)C(=O)N1CCc3c([nH]c4ccccc34)[C@@]12Br. The largest absolute Gasteiger partial charge is 0.468 e. The summed E-state index contributed by atoms with van der Waals surface area (Å²) in [5, 5.41) is 1.20. The number of alkyl halides is 1. The first-order valence-electron chi connectivity index (χ1n) is 8.67. The molecule has 1 aromatic heterocycles. The summed E-state index contributed by atoms with van der Waals surface area (Å²) >= 11 is 3.96. The number of nitrogens with zero attached hydrogens (tertiary/aromatic N) is 1. The molecular weight excluding hydrogens is 384 g/mol. The Morgan fingerprint density at radius 3 is 2.88 bits per heavy atom. The number of halogens is 1. The van der Waals surface area contributed by atoms with Crippen LogP contribution in [0.2, 0.25) is 0 Å². The van der Waals surface area contributed by atoms with Crippen LogP contribution < -0.4 is 0 Å². The van der Waals surface area contributed by atoms with Gasteiger partial charge in [0.15, 0.2) is 5.41 Å². The summed E-state index contributed by atoms with van der Waals surface area (Å²) in [5.74, 6) is -0.493. The minimum absolute atomic E-state index is 0.0950. The highest BCUT2D eigenvalue weighted by atomic mass is 79.9. The van der Waals surface area contributed by atoms with Crippen LogP contribution in [-0.2, 0) is 25.2 Å². The van der Waals surface area contributed by atoms with Gasteiger partial charge in [-0.2, -0.15) is 0 Å². The van der Waals surface area contributed by atoms with E-state index in [1.165, 1.54) is 18.1 Å². The van der Waals surface area contributed by atoms with Crippen molar-refractivity contribution in [3.8, 4) is 0 Å². The lowest BCUT2D eigenvalue weighted by Gasteiger charge is -2.43. The third kappa shape index (κ3) is 1.37. The van der Waals surface area contributed by atoms with Gasteiger partial charge in [-0.25, -0.2) is 0 Å². The van der Waals surface area contributed by atoms with Crippen molar-refractivity contribution in [2.75, 3.05) is 13.7 Å². The number of rotatable bonds is 2. The van der Waals surface area contributed by atoms with Crippen molar-refractivity contribution in [3.63, 3.8) is 0 Å². The number of hydrogen-bond donors (Lipinski definition) is 1. The Morgan fingerprint density at radius 1 is 1.40 bits per heavy atom. The van der Waals surface area contributed by atoms with Crippen molar-refractivity contribution < 1.29 is 14.3 Å². The van der Waals surface area contributed by atoms with Crippen LogP contribution in [0.4, 0.5) is 0 Å². The van der Waals surface area contributed by atoms with Crippen molar-refractivity contribution in [2.24, 2.45) is 10.8 Å². The summed E-state index contributed by atoms with van der Waals surface area (Å²) in [4.78, 5) is 31.3. The van der Waals surface area contributed by atoms with E-state index < -0.39 is 21.2 Å². The Hall–Kier alpha value is -1.82. The van der Waals surface area contributed by atoms with Crippen LogP contribution in [0.15, 0.2) is 24.3 Å². The van der Waals surface area contributed by atoms with Crippen LogP contribution in [0.3, 0.4) is 0 Å². The van der Waals surface area contributed by atoms with Gasteiger partial charge in [-0.1, -0.05) is 41.1 Å². The number of fused-ring (bicyclic) bond motifs is 7. The number of para-hydroxylation sites is 1. The summed E-state index contributed by atoms with van der Waals surface area (Å²) in [6.07, 6.45) is 2.05. The lowest BCUT2D eigenvalue weighted by molar-refractivity contribution is -0.154. The highest BCUT2D eigenvalue weighted by molar-refractivity contribution is 9.09. The fourth-order valence-electron chi connectivity index (χ4n) is 5.50. The number of esters is 1. The van der Waals surface area contributed by atoms with Crippen LogP contribution >= 0.6 is 15.9 Å². The number of nitrogens with one attached hydrogen (secondary N) is 1. The van der Waals surface area contributed by atoms with Crippen LogP contribution in [0.1, 0.15) is 31.0 Å². The predicted molar refractivity (Wildman–Crippen MR) is 96.1 cm³/mol. The van der Waals surface area contributed by atoms with Gasteiger partial charge < -0.3 is 14.6 Å². The van der Waals surface area contributed by atoms with Crippen molar-refractivity contribution >= 4 is 38.7 Å². The van der Waals surface area contributed by atoms with Crippen molar-refractivity contribution in [2.45, 2.75) is 30.6 Å². The molecule has 25 heavy (non-hydrogen) atoms. The Balaban J connectivity index is 1.79. The molecule has 1 N–H and O–H groups in total. The topological polar surface area (TPSA) is 62.4 Å². The summed E-state index contributed by atoms with van der Waals surface area (Å²) in [6.45, 7) is 2.67. The molecule has 1 aromatic carbocycles. The highest BCUT2D eigenvalue weighted by Gasteiger charge is 2.90. The van der Waals surface area contributed by atoms with E-state index >= 15 is 0 Å². The fraction of sp³-hybridized carbons (Fsp3) is 0.474. The molecule has 2 aliphatic heterocycles. The normalized spacial score (nSPS) is 35.3. The molecule has 1 saturated carbocycles. The molecule has 1 saturated heterocycles. The maximum atomic E-state index is 13.3. The van der Waals surface area contributed by atoms with E-state index in [4.69, 9.17) is 4.74 Å². The van der Waals surface area contributed by atoms with Crippen LogP contribution in [0.5, 0.6) is 0 Å². The van der Waals surface area contributed by atoms with Gasteiger partial charge in [0.05, 0.1) is 12.8 Å². The second-order valence-electron chi connectivity index (χ2n) is 7.36. The average Bonchev–Trinajstić information content (AvgIpc) is 3.16. The molecule has 3 heterocycles. The second kappa shape index (κ2) is 4.47. The molecule has 5 rings (SSSR count). The van der Waals surface area contributed by atoms with E-state index in [-0.39, 0.29) is 5.91 Å². The number of carbonyl (C=O) groups excluding carboxylic acids is 2. The molecule has 5 nitrogen and oxygen atoms in total. The van der Waals surface area contributed by atoms with Gasteiger partial charge in [0.1, 0.15) is 4.45 Å². The van der Waals surface area contributed by atoms with E-state index in [2.05, 4.69) is 40.0 Å². The van der Waals surface area contributed by atoms with Crippen molar-refractivity contribution in [1.29, 1.82) is 0 Å². The number of hydrogen-bond acceptors (Lipinski definition) is 3. The minimum atomic E-state index is -1.04. The molecule has 6 heteroatoms. The molecule has 0 unspecified atom stereocenters. The molecule has 3 aliphatic rings.